The zero-order valence-electron chi connectivity index (χ0n) is 9.95. The van der Waals surface area contributed by atoms with E-state index in [0.29, 0.717) is 6.04 Å². The Kier molecular flexibility index (Phi) is 3.94. The van der Waals surface area contributed by atoms with Gasteiger partial charge in [0.05, 0.1) is 0 Å². The number of thiocarbonyl (C=S) groups is 1. The molecule has 2 rings (SSSR count). The molecule has 92 valence electrons. The van der Waals surface area contributed by atoms with E-state index in [4.69, 9.17) is 12.2 Å². The summed E-state index contributed by atoms with van der Waals surface area (Å²) in [6, 6.07) is 6.77. The van der Waals surface area contributed by atoms with Gasteiger partial charge in [0.1, 0.15) is 5.82 Å². The first-order valence-electron chi connectivity index (χ1n) is 6.00. The van der Waals surface area contributed by atoms with E-state index in [-0.39, 0.29) is 5.82 Å². The van der Waals surface area contributed by atoms with Crippen LogP contribution in [0.5, 0.6) is 0 Å². The highest BCUT2D eigenvalue weighted by atomic mass is 32.1. The molecule has 0 spiro atoms. The first-order valence-corrected chi connectivity index (χ1v) is 6.41. The smallest absolute Gasteiger partial charge is 0.173 e. The molecule has 1 aromatic rings. The summed E-state index contributed by atoms with van der Waals surface area (Å²) < 4.78 is 12.8. The molecule has 0 radical (unpaired) electrons. The normalized spacial score (nSPS) is 20.1. The molecule has 1 unspecified atom stereocenters. The van der Waals surface area contributed by atoms with Crippen molar-refractivity contribution in [3.8, 4) is 0 Å². The van der Waals surface area contributed by atoms with Gasteiger partial charge in [-0.2, -0.15) is 0 Å². The molecule has 2 nitrogen and oxygen atoms in total. The van der Waals surface area contributed by atoms with Gasteiger partial charge in [-0.1, -0.05) is 0 Å². The second-order valence-corrected chi connectivity index (χ2v) is 4.86. The summed E-state index contributed by atoms with van der Waals surface area (Å²) in [6.07, 6.45) is 3.65. The highest BCUT2D eigenvalue weighted by Crippen LogP contribution is 2.18. The second-order valence-electron chi connectivity index (χ2n) is 4.48. The molecule has 1 aliphatic rings. The van der Waals surface area contributed by atoms with Crippen LogP contribution in [-0.4, -0.2) is 22.6 Å². The molecular weight excluding hydrogens is 235 g/mol. The number of halogens is 1. The second kappa shape index (κ2) is 5.45. The van der Waals surface area contributed by atoms with Gasteiger partial charge in [-0.15, -0.1) is 0 Å². The van der Waals surface area contributed by atoms with Crippen molar-refractivity contribution in [3.05, 3.63) is 30.1 Å². The van der Waals surface area contributed by atoms with Crippen molar-refractivity contribution in [2.75, 3.05) is 11.9 Å². The number of nitrogens with zero attached hydrogens (tertiary/aromatic N) is 1. The van der Waals surface area contributed by atoms with Crippen molar-refractivity contribution in [1.82, 2.24) is 4.90 Å². The summed E-state index contributed by atoms with van der Waals surface area (Å²) in [5.74, 6) is -0.229. The van der Waals surface area contributed by atoms with Gasteiger partial charge in [0.25, 0.3) is 0 Å². The van der Waals surface area contributed by atoms with Crippen molar-refractivity contribution < 1.29 is 4.39 Å². The molecule has 0 aromatic heterocycles. The van der Waals surface area contributed by atoms with Gasteiger partial charge in [0.15, 0.2) is 5.11 Å². The van der Waals surface area contributed by atoms with E-state index in [2.05, 4.69) is 17.1 Å². The van der Waals surface area contributed by atoms with E-state index in [1.807, 2.05) is 0 Å². The number of nitrogens with one attached hydrogen (secondary N) is 1. The van der Waals surface area contributed by atoms with E-state index < -0.39 is 0 Å². The molecular formula is C13H17FN2S. The number of rotatable bonds is 1. The molecule has 0 amide bonds. The van der Waals surface area contributed by atoms with Crippen molar-refractivity contribution in [1.29, 1.82) is 0 Å². The van der Waals surface area contributed by atoms with Crippen LogP contribution in [0.3, 0.4) is 0 Å². The Balaban J connectivity index is 1.98. The average molecular weight is 252 g/mol. The van der Waals surface area contributed by atoms with Crippen LogP contribution in [0.25, 0.3) is 0 Å². The lowest BCUT2D eigenvalue weighted by Gasteiger charge is -2.35. The van der Waals surface area contributed by atoms with Gasteiger partial charge in [0, 0.05) is 18.3 Å². The minimum atomic E-state index is -0.229. The average Bonchev–Trinajstić information content (AvgIpc) is 2.32. The highest BCUT2D eigenvalue weighted by Gasteiger charge is 2.20. The molecule has 1 fully saturated rings. The predicted molar refractivity (Wildman–Crippen MR) is 72.6 cm³/mol. The summed E-state index contributed by atoms with van der Waals surface area (Å²) in [6.45, 7) is 3.20. The standard InChI is InChI=1S/C13H17FN2S/c1-10-4-2-3-9-16(10)13(17)15-12-7-5-11(14)6-8-12/h5-8,10H,2-4,9H2,1H3,(H,15,17). The number of hydrogen-bond donors (Lipinski definition) is 1. The fraction of sp³-hybridized carbons (Fsp3) is 0.462. The van der Waals surface area contributed by atoms with Gasteiger partial charge in [-0.25, -0.2) is 4.39 Å². The van der Waals surface area contributed by atoms with Gasteiger partial charge >= 0.3 is 0 Å². The zero-order chi connectivity index (χ0) is 12.3. The molecule has 1 heterocycles. The maximum absolute atomic E-state index is 12.8. The van der Waals surface area contributed by atoms with E-state index in [0.717, 1.165) is 17.3 Å². The minimum Gasteiger partial charge on any atom is -0.346 e. The Hall–Kier alpha value is -1.16. The highest BCUT2D eigenvalue weighted by molar-refractivity contribution is 7.80. The number of hydrogen-bond acceptors (Lipinski definition) is 1. The SMILES string of the molecule is CC1CCCCN1C(=S)Nc1ccc(F)cc1. The van der Waals surface area contributed by atoms with Crippen LogP contribution >= 0.6 is 12.2 Å². The minimum absolute atomic E-state index is 0.229. The van der Waals surface area contributed by atoms with Crippen LogP contribution in [0.15, 0.2) is 24.3 Å². The fourth-order valence-electron chi connectivity index (χ4n) is 2.13. The topological polar surface area (TPSA) is 15.3 Å². The molecule has 0 bridgehead atoms. The first kappa shape index (κ1) is 12.3. The van der Waals surface area contributed by atoms with E-state index in [1.54, 1.807) is 12.1 Å². The van der Waals surface area contributed by atoms with E-state index in [9.17, 15) is 4.39 Å². The third-order valence-electron chi connectivity index (χ3n) is 3.16. The number of piperidine rings is 1. The Morgan fingerprint density at radius 1 is 1.35 bits per heavy atom. The summed E-state index contributed by atoms with van der Waals surface area (Å²) >= 11 is 5.39. The number of benzene rings is 1. The Morgan fingerprint density at radius 3 is 2.71 bits per heavy atom. The molecule has 17 heavy (non-hydrogen) atoms. The van der Waals surface area contributed by atoms with Gasteiger partial charge in [-0.05, 0) is 62.7 Å². The third kappa shape index (κ3) is 3.16. The Morgan fingerprint density at radius 2 is 2.06 bits per heavy atom. The van der Waals surface area contributed by atoms with Crippen LogP contribution in [0, 0.1) is 5.82 Å². The first-order chi connectivity index (χ1) is 8.16. The maximum Gasteiger partial charge on any atom is 0.173 e. The summed E-state index contributed by atoms with van der Waals surface area (Å²) in [7, 11) is 0. The summed E-state index contributed by atoms with van der Waals surface area (Å²) in [5.41, 5.74) is 0.842. The molecule has 1 aliphatic heterocycles. The molecule has 4 heteroatoms. The predicted octanol–water partition coefficient (Wildman–Crippen LogP) is 3.40. The Bertz CT molecular complexity index is 391. The molecule has 1 N–H and O–H groups in total. The van der Waals surface area contributed by atoms with Crippen molar-refractivity contribution >= 4 is 23.0 Å². The van der Waals surface area contributed by atoms with Gasteiger partial charge in [0.2, 0.25) is 0 Å². The van der Waals surface area contributed by atoms with Crippen LogP contribution < -0.4 is 5.32 Å². The van der Waals surface area contributed by atoms with E-state index >= 15 is 0 Å². The summed E-state index contributed by atoms with van der Waals surface area (Å²) in [5, 5.41) is 3.90. The largest absolute Gasteiger partial charge is 0.346 e. The Labute approximate surface area is 107 Å². The van der Waals surface area contributed by atoms with Crippen LogP contribution in [-0.2, 0) is 0 Å². The maximum atomic E-state index is 12.8. The molecule has 1 saturated heterocycles. The van der Waals surface area contributed by atoms with Crippen LogP contribution in [0.1, 0.15) is 26.2 Å². The number of likely N-dealkylation sites (tertiary alicyclic amines) is 1. The van der Waals surface area contributed by atoms with Gasteiger partial charge < -0.3 is 10.2 Å². The quantitative estimate of drug-likeness (QED) is 0.771. The lowest BCUT2D eigenvalue weighted by Crippen LogP contribution is -2.44. The van der Waals surface area contributed by atoms with Crippen LogP contribution in [0.2, 0.25) is 0 Å². The van der Waals surface area contributed by atoms with Crippen LogP contribution in [0.4, 0.5) is 10.1 Å². The monoisotopic (exact) mass is 252 g/mol. The van der Waals surface area contributed by atoms with E-state index in [1.165, 1.54) is 31.4 Å². The van der Waals surface area contributed by atoms with Crippen molar-refractivity contribution in [2.45, 2.75) is 32.2 Å². The third-order valence-corrected chi connectivity index (χ3v) is 3.50. The van der Waals surface area contributed by atoms with Gasteiger partial charge in [-0.3, -0.25) is 0 Å². The molecule has 0 saturated carbocycles. The molecule has 1 atom stereocenters. The zero-order valence-corrected chi connectivity index (χ0v) is 10.8. The van der Waals surface area contributed by atoms with Crippen molar-refractivity contribution in [2.24, 2.45) is 0 Å². The lowest BCUT2D eigenvalue weighted by atomic mass is 10.0. The number of anilines is 1. The fourth-order valence-corrected chi connectivity index (χ4v) is 2.52. The molecule has 1 aromatic carbocycles. The molecule has 0 aliphatic carbocycles. The lowest BCUT2D eigenvalue weighted by molar-refractivity contribution is 0.262. The summed E-state index contributed by atoms with van der Waals surface area (Å²) in [4.78, 5) is 2.21. The van der Waals surface area contributed by atoms with Crippen molar-refractivity contribution in [3.63, 3.8) is 0 Å².